The first kappa shape index (κ1) is 30.7. The largest absolute Gasteiger partial charge is 0.507 e. The molecule has 0 saturated heterocycles. The van der Waals surface area contributed by atoms with Gasteiger partial charge in [-0.3, -0.25) is 9.55 Å². The number of hydrogen-bond donors (Lipinski definition) is 1. The molecule has 2 aromatic heterocycles. The zero-order valence-electron chi connectivity index (χ0n) is 48.3. The number of para-hydroxylation sites is 1. The highest BCUT2D eigenvalue weighted by Gasteiger charge is 2.30. The van der Waals surface area contributed by atoms with Crippen molar-refractivity contribution in [1.29, 1.82) is 0 Å². The third-order valence-corrected chi connectivity index (χ3v) is 11.5. The summed E-state index contributed by atoms with van der Waals surface area (Å²) in [6, 6.07) is 33.0. The molecule has 0 amide bonds. The molecule has 0 atom stereocenters. The van der Waals surface area contributed by atoms with Gasteiger partial charge in [0.05, 0.1) is 34.8 Å². The van der Waals surface area contributed by atoms with Crippen LogP contribution in [0.5, 0.6) is 5.75 Å². The van der Waals surface area contributed by atoms with E-state index in [2.05, 4.69) is 65.8 Å². The molecule has 2 heterocycles. The summed E-state index contributed by atoms with van der Waals surface area (Å²) < 4.78 is 96.4. The van der Waals surface area contributed by atoms with Crippen LogP contribution < -0.4 is 0 Å². The first-order valence-electron chi connectivity index (χ1n) is 26.6. The molecule has 0 aliphatic rings. The summed E-state index contributed by atoms with van der Waals surface area (Å²) in [5.74, 6) is -0.231. The second kappa shape index (κ2) is 15.6. The zero-order valence-corrected chi connectivity index (χ0v) is 37.3. The highest BCUT2D eigenvalue weighted by molar-refractivity contribution is 5.97. The van der Waals surface area contributed by atoms with Gasteiger partial charge in [-0.2, -0.15) is 0 Å². The minimum Gasteiger partial charge on any atom is -0.507 e. The van der Waals surface area contributed by atoms with Crippen molar-refractivity contribution in [3.05, 3.63) is 168 Å². The number of fused-ring (bicyclic) bond motifs is 1. The molecule has 1 N–H and O–H groups in total. The SMILES string of the molecule is [2H]c1c([2H])c([2H])c(-c2ccnc(-c3cc(-c4cccc5c4nc(-c4cc(C(C)(C)C)cc(C(C)(C([2H])([2H])[2H])C([2H])([2H])[2H])c4O)n5-c4ccc(-c5ccccc5)cc4C(C)(C)C)cc(C(C)(C)C)c3)c2)c([2H])c1[2H]. The van der Waals surface area contributed by atoms with Gasteiger partial charge >= 0.3 is 0 Å². The van der Waals surface area contributed by atoms with Crippen LogP contribution in [0.1, 0.15) is 120 Å². The Labute approximate surface area is 384 Å². The molecule has 8 aromatic rings. The standard InChI is InChI=1S/C58H61N3O/c1-55(2,3)43-31-41(30-42(32-43)49-34-40(28-29-59-49)38-22-17-14-18-23-38)45-24-19-25-51-52(45)60-54(46-35-44(56(4,5)6)36-48(53(46)62)58(10,11)12)61(51)50-27-26-39(33-47(50)57(7,8)9)37-20-15-13-16-21-37/h13-36,62H,1-12H3/i10D3,11D3,14D,17D,18D,22D,23D. The maximum absolute atomic E-state index is 12.8. The van der Waals surface area contributed by atoms with Gasteiger partial charge in [-0.25, -0.2) is 4.98 Å². The molecule has 8 rings (SSSR count). The van der Waals surface area contributed by atoms with Crippen molar-refractivity contribution in [3.63, 3.8) is 0 Å². The van der Waals surface area contributed by atoms with E-state index >= 15 is 0 Å². The van der Waals surface area contributed by atoms with E-state index in [0.29, 0.717) is 39.0 Å². The third-order valence-electron chi connectivity index (χ3n) is 11.5. The normalized spacial score (nSPS) is 15.5. The summed E-state index contributed by atoms with van der Waals surface area (Å²) in [5, 5.41) is 12.8. The average molecular weight is 827 g/mol. The molecule has 0 unspecified atom stereocenters. The second-order valence-corrected chi connectivity index (χ2v) is 19.6. The van der Waals surface area contributed by atoms with E-state index in [0.717, 1.165) is 33.5 Å². The highest BCUT2D eigenvalue weighted by Crippen LogP contribution is 2.46. The fraction of sp³-hybridized carbons (Fsp3) is 0.276. The molecule has 62 heavy (non-hydrogen) atoms. The lowest BCUT2D eigenvalue weighted by Crippen LogP contribution is -2.18. The number of nitrogens with zero attached hydrogens (tertiary/aromatic N) is 3. The molecule has 0 bridgehead atoms. The number of rotatable bonds is 6. The van der Waals surface area contributed by atoms with E-state index in [9.17, 15) is 5.11 Å². The van der Waals surface area contributed by atoms with E-state index in [1.807, 2.05) is 86.0 Å². The summed E-state index contributed by atoms with van der Waals surface area (Å²) in [4.78, 5) is 10.2. The van der Waals surface area contributed by atoms with Gasteiger partial charge in [-0.15, -0.1) is 0 Å². The fourth-order valence-corrected chi connectivity index (χ4v) is 8.02. The number of aromatic nitrogens is 3. The fourth-order valence-electron chi connectivity index (χ4n) is 8.02. The second-order valence-electron chi connectivity index (χ2n) is 19.6. The maximum Gasteiger partial charge on any atom is 0.149 e. The van der Waals surface area contributed by atoms with Crippen molar-refractivity contribution >= 4 is 11.0 Å². The summed E-state index contributed by atoms with van der Waals surface area (Å²) in [7, 11) is 0. The minimum absolute atomic E-state index is 0.0658. The van der Waals surface area contributed by atoms with Gasteiger partial charge in [0.2, 0.25) is 0 Å². The number of hydrogen-bond acceptors (Lipinski definition) is 3. The van der Waals surface area contributed by atoms with Gasteiger partial charge in [0, 0.05) is 31.1 Å². The van der Waals surface area contributed by atoms with E-state index in [1.54, 1.807) is 24.4 Å². The van der Waals surface area contributed by atoms with Gasteiger partial charge in [-0.1, -0.05) is 174 Å². The highest BCUT2D eigenvalue weighted by atomic mass is 16.3. The molecule has 0 aliphatic carbocycles. The van der Waals surface area contributed by atoms with Crippen molar-refractivity contribution < 1.29 is 20.2 Å². The lowest BCUT2D eigenvalue weighted by Gasteiger charge is -2.28. The van der Waals surface area contributed by atoms with E-state index in [4.69, 9.17) is 25.0 Å². The number of pyridine rings is 1. The lowest BCUT2D eigenvalue weighted by atomic mass is 9.78. The number of phenolic OH excluding ortho intramolecular Hbond substituents is 1. The zero-order chi connectivity index (χ0) is 53.7. The number of phenols is 1. The molecular weight excluding hydrogens is 755 g/mol. The van der Waals surface area contributed by atoms with Crippen molar-refractivity contribution in [2.45, 2.75) is 105 Å². The average Bonchev–Trinajstić information content (AvgIpc) is 3.70. The maximum atomic E-state index is 12.8. The topological polar surface area (TPSA) is 50.9 Å². The molecule has 4 heteroatoms. The van der Waals surface area contributed by atoms with Crippen LogP contribution in [0.25, 0.3) is 72.7 Å². The summed E-state index contributed by atoms with van der Waals surface area (Å²) in [6.45, 7) is 13.6. The number of imidazole rings is 1. The molecule has 0 spiro atoms. The molecule has 0 saturated carbocycles. The van der Waals surface area contributed by atoms with Crippen LogP contribution in [0.3, 0.4) is 0 Å². The molecular formula is C58H61N3O. The van der Waals surface area contributed by atoms with Crippen LogP contribution in [-0.2, 0) is 21.7 Å². The van der Waals surface area contributed by atoms with Crippen LogP contribution in [0.15, 0.2) is 146 Å². The monoisotopic (exact) mass is 827 g/mol. The molecule has 314 valence electrons. The summed E-state index contributed by atoms with van der Waals surface area (Å²) in [6.07, 6.45) is 1.56. The Morgan fingerprint density at radius 2 is 1.21 bits per heavy atom. The lowest BCUT2D eigenvalue weighted by molar-refractivity contribution is 0.446. The van der Waals surface area contributed by atoms with Gasteiger partial charge in [0.15, 0.2) is 0 Å². The molecule has 0 radical (unpaired) electrons. The van der Waals surface area contributed by atoms with Crippen LogP contribution in [0.2, 0.25) is 0 Å². The van der Waals surface area contributed by atoms with Crippen LogP contribution in [0.4, 0.5) is 0 Å². The van der Waals surface area contributed by atoms with E-state index < -0.39 is 53.8 Å². The first-order chi connectivity index (χ1) is 33.8. The molecule has 6 aromatic carbocycles. The van der Waals surface area contributed by atoms with Gasteiger partial charge in [0.1, 0.15) is 11.6 Å². The van der Waals surface area contributed by atoms with Gasteiger partial charge in [-0.05, 0) is 115 Å². The quantitative estimate of drug-likeness (QED) is 0.182. The molecule has 0 aliphatic heterocycles. The van der Waals surface area contributed by atoms with Gasteiger partial charge < -0.3 is 5.11 Å². The predicted octanol–water partition coefficient (Wildman–Crippen LogP) is 15.7. The summed E-state index contributed by atoms with van der Waals surface area (Å²) in [5.41, 5.74) is 5.57. The Bertz CT molecular complexity index is 3420. The minimum atomic E-state index is -3.07. The van der Waals surface area contributed by atoms with Crippen molar-refractivity contribution in [2.75, 3.05) is 0 Å². The van der Waals surface area contributed by atoms with Crippen LogP contribution in [-0.4, -0.2) is 19.6 Å². The smallest absolute Gasteiger partial charge is 0.149 e. The molecule has 4 nitrogen and oxygen atoms in total. The summed E-state index contributed by atoms with van der Waals surface area (Å²) >= 11 is 0. The number of benzene rings is 6. The molecule has 0 fully saturated rings. The van der Waals surface area contributed by atoms with E-state index in [1.165, 1.54) is 13.0 Å². The Kier molecular flexibility index (Phi) is 7.72. The van der Waals surface area contributed by atoms with Crippen LogP contribution in [0, 0.1) is 0 Å². The Balaban J connectivity index is 1.48. The first-order valence-corrected chi connectivity index (χ1v) is 21.1. The Morgan fingerprint density at radius 3 is 1.89 bits per heavy atom. The van der Waals surface area contributed by atoms with Crippen molar-refractivity contribution in [1.82, 2.24) is 14.5 Å². The number of aromatic hydroxyl groups is 1. The van der Waals surface area contributed by atoms with Crippen molar-refractivity contribution in [2.24, 2.45) is 0 Å². The predicted molar refractivity (Wildman–Crippen MR) is 263 cm³/mol. The third kappa shape index (κ3) is 8.23. The van der Waals surface area contributed by atoms with Crippen LogP contribution >= 0.6 is 0 Å². The Morgan fingerprint density at radius 1 is 0.532 bits per heavy atom. The van der Waals surface area contributed by atoms with E-state index in [-0.39, 0.29) is 40.0 Å². The van der Waals surface area contributed by atoms with Crippen molar-refractivity contribution in [3.8, 4) is 67.5 Å². The van der Waals surface area contributed by atoms with Gasteiger partial charge in [0.25, 0.3) is 0 Å². The Hall–Kier alpha value is -6.26.